The van der Waals surface area contributed by atoms with Gasteiger partial charge < -0.3 is 15.0 Å². The third-order valence-corrected chi connectivity index (χ3v) is 4.89. The predicted octanol–water partition coefficient (Wildman–Crippen LogP) is 2.28. The van der Waals surface area contributed by atoms with Crippen LogP contribution in [-0.2, 0) is 18.3 Å². The molecule has 0 spiro atoms. The van der Waals surface area contributed by atoms with Crippen LogP contribution in [0, 0.1) is 0 Å². The maximum absolute atomic E-state index is 12.9. The number of nitrogens with zero attached hydrogens (tertiary/aromatic N) is 5. The number of aryl methyl sites for hydroxylation is 2. The molecular weight excluding hydrogens is 356 g/mol. The zero-order chi connectivity index (χ0) is 19.5. The molecule has 144 valence electrons. The van der Waals surface area contributed by atoms with Gasteiger partial charge in [-0.2, -0.15) is 0 Å². The minimum absolute atomic E-state index is 0.0387. The Kier molecular flexibility index (Phi) is 4.92. The molecule has 0 aliphatic carbocycles. The zero-order valence-electron chi connectivity index (χ0n) is 15.9. The number of nitrogens with one attached hydrogen (secondary N) is 1. The van der Waals surface area contributed by atoms with E-state index in [9.17, 15) is 4.79 Å². The normalized spacial score (nSPS) is 13.1. The number of benzene rings is 2. The molecule has 0 bridgehead atoms. The number of carbonyl (C=O) groups excluding carboxylic acids is 1. The monoisotopic (exact) mass is 378 g/mol. The zero-order valence-corrected chi connectivity index (χ0v) is 15.9. The number of tetrazole rings is 1. The summed E-state index contributed by atoms with van der Waals surface area (Å²) >= 11 is 0. The van der Waals surface area contributed by atoms with Crippen molar-refractivity contribution in [2.75, 3.05) is 30.4 Å². The van der Waals surface area contributed by atoms with Gasteiger partial charge in [-0.15, -0.1) is 5.10 Å². The van der Waals surface area contributed by atoms with E-state index in [0.717, 1.165) is 47.6 Å². The van der Waals surface area contributed by atoms with Gasteiger partial charge in [0, 0.05) is 30.5 Å². The van der Waals surface area contributed by atoms with E-state index in [-0.39, 0.29) is 12.5 Å². The third-order valence-electron chi connectivity index (χ3n) is 4.89. The Labute approximate surface area is 163 Å². The molecule has 28 heavy (non-hydrogen) atoms. The van der Waals surface area contributed by atoms with E-state index in [0.29, 0.717) is 5.82 Å². The van der Waals surface area contributed by atoms with Crippen molar-refractivity contribution >= 4 is 17.3 Å². The van der Waals surface area contributed by atoms with Crippen LogP contribution in [0.1, 0.15) is 12.0 Å². The van der Waals surface area contributed by atoms with Crippen molar-refractivity contribution in [3.05, 3.63) is 48.0 Å². The number of aromatic nitrogens is 4. The van der Waals surface area contributed by atoms with E-state index in [1.165, 1.54) is 0 Å². The Balaban J connectivity index is 1.47. The number of methoxy groups -OCH3 is 1. The average molecular weight is 378 g/mol. The molecule has 1 aliphatic rings. The van der Waals surface area contributed by atoms with E-state index in [1.807, 2.05) is 47.4 Å². The highest BCUT2D eigenvalue weighted by molar-refractivity contribution is 5.97. The highest BCUT2D eigenvalue weighted by atomic mass is 16.5. The molecule has 3 aromatic rings. The lowest BCUT2D eigenvalue weighted by molar-refractivity contribution is -0.117. The summed E-state index contributed by atoms with van der Waals surface area (Å²) in [6, 6.07) is 13.6. The number of rotatable bonds is 5. The van der Waals surface area contributed by atoms with Crippen LogP contribution in [0.4, 0.5) is 11.4 Å². The fourth-order valence-electron chi connectivity index (χ4n) is 3.47. The fraction of sp³-hybridized carbons (Fsp3) is 0.300. The van der Waals surface area contributed by atoms with Crippen LogP contribution >= 0.6 is 0 Å². The minimum atomic E-state index is 0.0387. The van der Waals surface area contributed by atoms with Crippen molar-refractivity contribution < 1.29 is 9.53 Å². The molecule has 0 saturated heterocycles. The summed E-state index contributed by atoms with van der Waals surface area (Å²) in [5, 5.41) is 14.8. The molecule has 0 unspecified atom stereocenters. The summed E-state index contributed by atoms with van der Waals surface area (Å²) < 4.78 is 6.91. The fourth-order valence-corrected chi connectivity index (χ4v) is 3.47. The molecule has 2 heterocycles. The number of carbonyl (C=O) groups is 1. The summed E-state index contributed by atoms with van der Waals surface area (Å²) in [4.78, 5) is 14.7. The van der Waals surface area contributed by atoms with E-state index < -0.39 is 0 Å². The minimum Gasteiger partial charge on any atom is -0.497 e. The van der Waals surface area contributed by atoms with Gasteiger partial charge in [0.05, 0.1) is 13.7 Å². The molecule has 1 amide bonds. The highest BCUT2D eigenvalue weighted by Crippen LogP contribution is 2.30. The Morgan fingerprint density at radius 2 is 2.14 bits per heavy atom. The first-order chi connectivity index (χ1) is 13.7. The van der Waals surface area contributed by atoms with Crippen molar-refractivity contribution in [3.8, 4) is 17.1 Å². The van der Waals surface area contributed by atoms with Crippen LogP contribution in [-0.4, -0.2) is 46.3 Å². The molecule has 0 radical (unpaired) electrons. The number of fused-ring (bicyclic) bond motifs is 1. The maximum Gasteiger partial charge on any atom is 0.246 e. The molecular formula is C20H22N6O2. The van der Waals surface area contributed by atoms with Crippen LogP contribution in [0.15, 0.2) is 42.5 Å². The second kappa shape index (κ2) is 7.67. The summed E-state index contributed by atoms with van der Waals surface area (Å²) in [5.41, 5.74) is 3.86. The van der Waals surface area contributed by atoms with Crippen molar-refractivity contribution in [1.82, 2.24) is 20.2 Å². The number of hydrogen-bond acceptors (Lipinski definition) is 6. The molecule has 8 heteroatoms. The quantitative estimate of drug-likeness (QED) is 0.733. The van der Waals surface area contributed by atoms with Crippen LogP contribution < -0.4 is 15.0 Å². The largest absolute Gasteiger partial charge is 0.497 e. The van der Waals surface area contributed by atoms with Crippen molar-refractivity contribution in [2.24, 2.45) is 7.05 Å². The van der Waals surface area contributed by atoms with Crippen LogP contribution in [0.25, 0.3) is 11.4 Å². The average Bonchev–Trinajstić information content (AvgIpc) is 3.17. The van der Waals surface area contributed by atoms with E-state index in [2.05, 4.69) is 20.8 Å². The summed E-state index contributed by atoms with van der Waals surface area (Å²) in [5.74, 6) is 1.53. The standard InChI is InChI=1S/C20H22N6O2/c1-25-20(22-23-24-25)15-5-3-7-16(11-15)21-13-19(27)26-10-4-6-14-12-17(28-2)8-9-18(14)26/h3,5,7-9,11-12,21H,4,6,10,13H2,1-2H3. The highest BCUT2D eigenvalue weighted by Gasteiger charge is 2.22. The maximum atomic E-state index is 12.9. The number of anilines is 2. The van der Waals surface area contributed by atoms with Crippen LogP contribution in [0.3, 0.4) is 0 Å². The number of ether oxygens (including phenoxy) is 1. The van der Waals surface area contributed by atoms with E-state index >= 15 is 0 Å². The summed E-state index contributed by atoms with van der Waals surface area (Å²) in [7, 11) is 3.45. The van der Waals surface area contributed by atoms with Gasteiger partial charge in [0.15, 0.2) is 5.82 Å². The predicted molar refractivity (Wildman–Crippen MR) is 106 cm³/mol. The van der Waals surface area contributed by atoms with Gasteiger partial charge in [0.2, 0.25) is 5.91 Å². The molecule has 8 nitrogen and oxygen atoms in total. The first kappa shape index (κ1) is 18.0. The smallest absolute Gasteiger partial charge is 0.246 e. The van der Waals surface area contributed by atoms with Crippen molar-refractivity contribution in [3.63, 3.8) is 0 Å². The summed E-state index contributed by atoms with van der Waals surface area (Å²) in [6.45, 7) is 0.941. The van der Waals surface area contributed by atoms with Gasteiger partial charge in [-0.05, 0) is 59.2 Å². The lowest BCUT2D eigenvalue weighted by Crippen LogP contribution is -2.39. The lowest BCUT2D eigenvalue weighted by Gasteiger charge is -2.30. The second-order valence-electron chi connectivity index (χ2n) is 6.70. The molecule has 0 saturated carbocycles. The Bertz CT molecular complexity index is 1000. The van der Waals surface area contributed by atoms with Gasteiger partial charge in [0.25, 0.3) is 0 Å². The molecule has 4 rings (SSSR count). The Morgan fingerprint density at radius 3 is 2.93 bits per heavy atom. The molecule has 1 N–H and O–H groups in total. The second-order valence-corrected chi connectivity index (χ2v) is 6.70. The van der Waals surface area contributed by atoms with Gasteiger partial charge in [-0.3, -0.25) is 4.79 Å². The van der Waals surface area contributed by atoms with Crippen LogP contribution in [0.2, 0.25) is 0 Å². The topological polar surface area (TPSA) is 85.2 Å². The van der Waals surface area contributed by atoms with Crippen molar-refractivity contribution in [1.29, 1.82) is 0 Å². The molecule has 1 aliphatic heterocycles. The first-order valence-electron chi connectivity index (χ1n) is 9.19. The van der Waals surface area contributed by atoms with Crippen LogP contribution in [0.5, 0.6) is 5.75 Å². The van der Waals surface area contributed by atoms with Gasteiger partial charge in [0.1, 0.15) is 5.75 Å². The molecule has 0 atom stereocenters. The summed E-state index contributed by atoms with van der Waals surface area (Å²) in [6.07, 6.45) is 1.90. The van der Waals surface area contributed by atoms with Gasteiger partial charge in [-0.25, -0.2) is 4.68 Å². The first-order valence-corrected chi connectivity index (χ1v) is 9.19. The van der Waals surface area contributed by atoms with Crippen molar-refractivity contribution in [2.45, 2.75) is 12.8 Å². The molecule has 0 fully saturated rings. The molecule has 2 aromatic carbocycles. The van der Waals surface area contributed by atoms with Gasteiger partial charge in [-0.1, -0.05) is 12.1 Å². The Hall–Kier alpha value is -3.42. The number of amides is 1. The Morgan fingerprint density at radius 1 is 1.25 bits per heavy atom. The van der Waals surface area contributed by atoms with E-state index in [1.54, 1.807) is 18.8 Å². The third kappa shape index (κ3) is 3.53. The van der Waals surface area contributed by atoms with E-state index in [4.69, 9.17) is 4.74 Å². The molecule has 1 aromatic heterocycles. The van der Waals surface area contributed by atoms with Gasteiger partial charge >= 0.3 is 0 Å². The lowest BCUT2D eigenvalue weighted by atomic mass is 10.0. The number of hydrogen-bond donors (Lipinski definition) is 1. The SMILES string of the molecule is COc1ccc2c(c1)CCCN2C(=O)CNc1cccc(-c2nnnn2C)c1.